The Kier molecular flexibility index (Phi) is 5.38. The van der Waals surface area contributed by atoms with Gasteiger partial charge in [0.15, 0.2) is 0 Å². The van der Waals surface area contributed by atoms with E-state index in [-0.39, 0.29) is 5.56 Å². The first kappa shape index (κ1) is 22.8. The van der Waals surface area contributed by atoms with Crippen LogP contribution >= 0.6 is 11.3 Å². The molecule has 0 radical (unpaired) electrons. The first-order valence-electron chi connectivity index (χ1n) is 9.83. The topological polar surface area (TPSA) is 47.6 Å². The second kappa shape index (κ2) is 7.57. The lowest BCUT2D eigenvalue weighted by atomic mass is 9.79. The molecule has 0 aliphatic carbocycles. The molecule has 1 aromatic heterocycles. The van der Waals surface area contributed by atoms with Gasteiger partial charge in [0.25, 0.3) is 5.91 Å². The quantitative estimate of drug-likeness (QED) is 0.404. The number of alkyl halides is 3. The lowest BCUT2D eigenvalue weighted by molar-refractivity contribution is -0.137. The van der Waals surface area contributed by atoms with Crippen molar-refractivity contribution >= 4 is 45.6 Å². The summed E-state index contributed by atoms with van der Waals surface area (Å²) in [6.07, 6.45) is -4.65. The third kappa shape index (κ3) is 4.02. The predicted octanol–water partition coefficient (Wildman–Crippen LogP) is 5.61. The molecule has 32 heavy (non-hydrogen) atoms. The van der Waals surface area contributed by atoms with Crippen molar-refractivity contribution in [1.29, 1.82) is 0 Å². The number of nitrogens with one attached hydrogen (secondary N) is 1. The van der Waals surface area contributed by atoms with Gasteiger partial charge in [0.05, 0.1) is 28.0 Å². The van der Waals surface area contributed by atoms with Crippen LogP contribution in [-0.2, 0) is 15.5 Å². The summed E-state index contributed by atoms with van der Waals surface area (Å²) in [5, 5.41) is 4.43. The molecule has 4 rings (SSSR count). The first-order chi connectivity index (χ1) is 14.8. The Labute approximate surface area is 186 Å². The largest absolute Gasteiger partial charge is 0.494 e. The highest BCUT2D eigenvalue weighted by molar-refractivity contribution is 7.17. The van der Waals surface area contributed by atoms with Crippen LogP contribution in [0.4, 0.5) is 23.2 Å². The molecule has 0 bridgehead atoms. The highest BCUT2D eigenvalue weighted by Crippen LogP contribution is 2.37. The third-order valence-corrected chi connectivity index (χ3v) is 6.86. The fourth-order valence-electron chi connectivity index (χ4n) is 3.33. The number of hydrogen-bond acceptors (Lipinski definition) is 4. The Morgan fingerprint density at radius 2 is 1.69 bits per heavy atom. The fraction of sp³-hybridized carbons (Fsp3) is 0.318. The van der Waals surface area contributed by atoms with Crippen LogP contribution in [0.5, 0.6) is 0 Å². The smallest absolute Gasteiger partial charge is 0.399 e. The van der Waals surface area contributed by atoms with Gasteiger partial charge in [-0.2, -0.15) is 13.2 Å². The van der Waals surface area contributed by atoms with E-state index in [2.05, 4.69) is 5.32 Å². The number of anilines is 1. The van der Waals surface area contributed by atoms with Crippen molar-refractivity contribution < 1.29 is 31.7 Å². The summed E-state index contributed by atoms with van der Waals surface area (Å²) in [6.45, 7) is 7.80. The van der Waals surface area contributed by atoms with E-state index in [0.717, 1.165) is 10.2 Å². The molecule has 0 spiro atoms. The van der Waals surface area contributed by atoms with Crippen molar-refractivity contribution in [1.82, 2.24) is 0 Å². The number of fused-ring (bicyclic) bond motifs is 1. The van der Waals surface area contributed by atoms with Gasteiger partial charge in [-0.25, -0.2) is 4.39 Å². The number of halogens is 4. The van der Waals surface area contributed by atoms with Crippen LogP contribution in [0, 0.1) is 5.82 Å². The minimum absolute atomic E-state index is 0.238. The van der Waals surface area contributed by atoms with Gasteiger partial charge in [-0.05, 0) is 57.4 Å². The average molecular weight is 465 g/mol. The average Bonchev–Trinajstić information content (AvgIpc) is 3.19. The molecule has 1 fully saturated rings. The third-order valence-electron chi connectivity index (χ3n) is 5.91. The molecule has 0 saturated carbocycles. The predicted molar refractivity (Wildman–Crippen MR) is 117 cm³/mol. The molecule has 1 aliphatic heterocycles. The normalized spacial score (nSPS) is 17.7. The van der Waals surface area contributed by atoms with Crippen molar-refractivity contribution in [2.24, 2.45) is 0 Å². The standard InChI is InChI=1S/C22H20BF4NO3S/c1-20(2)21(3,4)31-23(30-20)13-6-7-14-15(11-32-18(14)10-13)19(29)28-17-9-12(22(25,26)27)5-8-16(17)24/h5-11H,1-4H3,(H,28,29). The van der Waals surface area contributed by atoms with Crippen LogP contribution in [0.2, 0.25) is 0 Å². The van der Waals surface area contributed by atoms with Crippen molar-refractivity contribution in [2.45, 2.75) is 45.1 Å². The molecule has 2 aromatic carbocycles. The lowest BCUT2D eigenvalue weighted by Crippen LogP contribution is -2.41. The van der Waals surface area contributed by atoms with Crippen LogP contribution in [0.25, 0.3) is 10.1 Å². The minimum Gasteiger partial charge on any atom is -0.399 e. The van der Waals surface area contributed by atoms with Crippen molar-refractivity contribution in [2.75, 3.05) is 5.32 Å². The molecule has 2 heterocycles. The molecule has 168 valence electrons. The molecule has 1 amide bonds. The summed E-state index contributed by atoms with van der Waals surface area (Å²) >= 11 is 1.29. The SMILES string of the molecule is CC1(C)OB(c2ccc3c(C(=O)Nc4cc(C(F)(F)F)ccc4F)csc3c2)OC1(C)C. The second-order valence-corrected chi connectivity index (χ2v) is 9.55. The van der Waals surface area contributed by atoms with E-state index < -0.39 is 47.5 Å². The van der Waals surface area contributed by atoms with E-state index in [4.69, 9.17) is 9.31 Å². The summed E-state index contributed by atoms with van der Waals surface area (Å²) in [4.78, 5) is 12.7. The lowest BCUT2D eigenvalue weighted by Gasteiger charge is -2.32. The number of carbonyl (C=O) groups excluding carboxylic acids is 1. The maximum absolute atomic E-state index is 14.0. The Morgan fingerprint density at radius 1 is 1.03 bits per heavy atom. The summed E-state index contributed by atoms with van der Waals surface area (Å²) in [5.74, 6) is -1.65. The molecule has 10 heteroatoms. The molecular formula is C22H20BF4NO3S. The van der Waals surface area contributed by atoms with E-state index >= 15 is 0 Å². The van der Waals surface area contributed by atoms with Crippen molar-refractivity contribution in [3.63, 3.8) is 0 Å². The molecule has 0 unspecified atom stereocenters. The molecule has 1 N–H and O–H groups in total. The minimum atomic E-state index is -4.65. The highest BCUT2D eigenvalue weighted by atomic mass is 32.1. The Balaban J connectivity index is 1.60. The van der Waals surface area contributed by atoms with E-state index in [1.165, 1.54) is 11.3 Å². The number of amides is 1. The zero-order chi connectivity index (χ0) is 23.5. The van der Waals surface area contributed by atoms with Gasteiger partial charge in [0.1, 0.15) is 5.82 Å². The Bertz CT molecular complexity index is 1190. The number of carbonyl (C=O) groups is 1. The molecule has 1 saturated heterocycles. The molecule has 3 aromatic rings. The summed E-state index contributed by atoms with van der Waals surface area (Å²) < 4.78 is 65.7. The Hall–Kier alpha value is -2.43. The van der Waals surface area contributed by atoms with Gasteiger partial charge in [-0.15, -0.1) is 11.3 Å². The second-order valence-electron chi connectivity index (χ2n) is 8.64. The summed E-state index contributed by atoms with van der Waals surface area (Å²) in [5.41, 5.74) is -1.55. The van der Waals surface area contributed by atoms with Crippen LogP contribution in [-0.4, -0.2) is 24.2 Å². The van der Waals surface area contributed by atoms with Gasteiger partial charge >= 0.3 is 13.3 Å². The van der Waals surface area contributed by atoms with Gasteiger partial charge in [0.2, 0.25) is 0 Å². The number of thiophene rings is 1. The van der Waals surface area contributed by atoms with Crippen LogP contribution in [0.1, 0.15) is 43.6 Å². The van der Waals surface area contributed by atoms with Crippen molar-refractivity contribution in [3.05, 3.63) is 58.7 Å². The van der Waals surface area contributed by atoms with Crippen molar-refractivity contribution in [3.8, 4) is 0 Å². The highest BCUT2D eigenvalue weighted by Gasteiger charge is 2.51. The zero-order valence-corrected chi connectivity index (χ0v) is 18.6. The van der Waals surface area contributed by atoms with Gasteiger partial charge in [0, 0.05) is 15.5 Å². The van der Waals surface area contributed by atoms with E-state index in [9.17, 15) is 22.4 Å². The number of benzene rings is 2. The summed E-state index contributed by atoms with van der Waals surface area (Å²) in [7, 11) is -0.567. The van der Waals surface area contributed by atoms with E-state index in [0.29, 0.717) is 23.6 Å². The fourth-order valence-corrected chi connectivity index (χ4v) is 4.32. The maximum Gasteiger partial charge on any atom is 0.494 e. The number of rotatable bonds is 3. The monoisotopic (exact) mass is 465 g/mol. The molecule has 4 nitrogen and oxygen atoms in total. The molecule has 1 aliphatic rings. The van der Waals surface area contributed by atoms with Crippen LogP contribution < -0.4 is 10.8 Å². The molecular weight excluding hydrogens is 445 g/mol. The number of hydrogen-bond donors (Lipinski definition) is 1. The van der Waals surface area contributed by atoms with E-state index in [1.807, 2.05) is 33.8 Å². The van der Waals surface area contributed by atoms with E-state index in [1.54, 1.807) is 17.5 Å². The first-order valence-corrected chi connectivity index (χ1v) is 10.7. The van der Waals surface area contributed by atoms with Gasteiger partial charge < -0.3 is 14.6 Å². The van der Waals surface area contributed by atoms with Crippen LogP contribution in [0.15, 0.2) is 41.8 Å². The van der Waals surface area contributed by atoms with Crippen LogP contribution in [0.3, 0.4) is 0 Å². The maximum atomic E-state index is 14.0. The Morgan fingerprint density at radius 3 is 2.31 bits per heavy atom. The molecule has 0 atom stereocenters. The summed E-state index contributed by atoms with van der Waals surface area (Å²) in [6, 6.07) is 7.24. The van der Waals surface area contributed by atoms with Gasteiger partial charge in [-0.3, -0.25) is 4.79 Å². The zero-order valence-electron chi connectivity index (χ0n) is 17.8. The van der Waals surface area contributed by atoms with Gasteiger partial charge in [-0.1, -0.05) is 12.1 Å².